The molecule has 1 rings (SSSR count). The monoisotopic (exact) mass is 323 g/mol. The maximum absolute atomic E-state index is 5.67. The number of halogens is 2. The van der Waals surface area contributed by atoms with Crippen LogP contribution in [-0.2, 0) is 0 Å². The molecule has 0 unspecified atom stereocenters. The Labute approximate surface area is 88.0 Å². The highest BCUT2D eigenvalue weighted by molar-refractivity contribution is 14.1. The van der Waals surface area contributed by atoms with Crippen LogP contribution in [0.25, 0.3) is 0 Å². The van der Waals surface area contributed by atoms with E-state index in [4.69, 9.17) is 5.73 Å². The summed E-state index contributed by atoms with van der Waals surface area (Å²) in [7, 11) is 0. The molecular formula is C8H7BrIN. The maximum Gasteiger partial charge on any atom is 0.0458 e. The maximum atomic E-state index is 5.67. The summed E-state index contributed by atoms with van der Waals surface area (Å²) in [4.78, 5) is 0. The molecule has 0 radical (unpaired) electrons. The minimum Gasteiger partial charge on any atom is -0.398 e. The van der Waals surface area contributed by atoms with E-state index in [0.717, 1.165) is 13.8 Å². The van der Waals surface area contributed by atoms with Crippen molar-refractivity contribution >= 4 is 38.5 Å². The molecule has 0 aromatic heterocycles. The predicted molar refractivity (Wildman–Crippen MR) is 60.5 cm³/mol. The van der Waals surface area contributed by atoms with Crippen LogP contribution in [0.15, 0.2) is 44.1 Å². The first-order chi connectivity index (χ1) is 5.20. The molecule has 0 aromatic rings. The van der Waals surface area contributed by atoms with E-state index >= 15 is 0 Å². The van der Waals surface area contributed by atoms with Crippen molar-refractivity contribution in [3.8, 4) is 0 Å². The van der Waals surface area contributed by atoms with Crippen molar-refractivity contribution in [1.82, 2.24) is 0 Å². The average Bonchev–Trinajstić information content (AvgIpc) is 1.95. The molecule has 0 heterocycles. The van der Waals surface area contributed by atoms with Crippen LogP contribution in [0.3, 0.4) is 0 Å². The molecule has 0 saturated carbocycles. The zero-order valence-electron chi connectivity index (χ0n) is 5.72. The number of allylic oxidation sites excluding steroid dienone is 7. The Balaban J connectivity index is 3.00. The fourth-order valence-corrected chi connectivity index (χ4v) is 1.96. The second-order valence-corrected chi connectivity index (χ2v) is 4.15. The van der Waals surface area contributed by atoms with E-state index in [1.54, 1.807) is 0 Å². The van der Waals surface area contributed by atoms with Gasteiger partial charge >= 0.3 is 0 Å². The van der Waals surface area contributed by atoms with Crippen molar-refractivity contribution in [3.05, 3.63) is 44.1 Å². The molecule has 1 nitrogen and oxygen atoms in total. The highest BCUT2D eigenvalue weighted by Gasteiger charge is 1.96. The van der Waals surface area contributed by atoms with Gasteiger partial charge in [-0.2, -0.15) is 0 Å². The smallest absolute Gasteiger partial charge is 0.0458 e. The zero-order valence-corrected chi connectivity index (χ0v) is 9.46. The molecule has 0 amide bonds. The van der Waals surface area contributed by atoms with Gasteiger partial charge in [0, 0.05) is 13.8 Å². The molecule has 3 heteroatoms. The summed E-state index contributed by atoms with van der Waals surface area (Å²) in [5.41, 5.74) is 6.43. The molecule has 11 heavy (non-hydrogen) atoms. The van der Waals surface area contributed by atoms with Crippen LogP contribution < -0.4 is 5.73 Å². The fourth-order valence-electron chi connectivity index (χ4n) is 0.639. The fraction of sp³-hybridized carbons (Fsp3) is 0. The number of rotatable bonds is 0. The lowest BCUT2D eigenvalue weighted by Gasteiger charge is -1.99. The molecule has 2 N–H and O–H groups in total. The minimum atomic E-state index is 0.753. The van der Waals surface area contributed by atoms with Gasteiger partial charge in [0.1, 0.15) is 0 Å². The van der Waals surface area contributed by atoms with Gasteiger partial charge in [0.25, 0.3) is 0 Å². The first-order valence-corrected chi connectivity index (χ1v) is 4.94. The van der Waals surface area contributed by atoms with Crippen LogP contribution in [0, 0.1) is 0 Å². The van der Waals surface area contributed by atoms with Gasteiger partial charge in [-0.15, -0.1) is 0 Å². The molecular weight excluding hydrogens is 317 g/mol. The van der Waals surface area contributed by atoms with Gasteiger partial charge in [0.05, 0.1) is 0 Å². The molecule has 1 aliphatic carbocycles. The van der Waals surface area contributed by atoms with Crippen molar-refractivity contribution < 1.29 is 0 Å². The van der Waals surface area contributed by atoms with Crippen LogP contribution in [-0.4, -0.2) is 0 Å². The van der Waals surface area contributed by atoms with Crippen LogP contribution in [0.2, 0.25) is 0 Å². The summed E-state index contributed by atoms with van der Waals surface area (Å²) in [6.45, 7) is 0. The Kier molecular flexibility index (Phi) is 3.39. The van der Waals surface area contributed by atoms with Crippen LogP contribution in [0.4, 0.5) is 0 Å². The average molecular weight is 324 g/mol. The first-order valence-electron chi connectivity index (χ1n) is 3.07. The van der Waals surface area contributed by atoms with Gasteiger partial charge in [-0.1, -0.05) is 12.2 Å². The molecule has 0 atom stereocenters. The van der Waals surface area contributed by atoms with Crippen molar-refractivity contribution in [2.75, 3.05) is 0 Å². The third-order valence-electron chi connectivity index (χ3n) is 1.18. The summed E-state index contributed by atoms with van der Waals surface area (Å²) in [6.07, 6.45) is 9.74. The quantitative estimate of drug-likeness (QED) is 0.681. The van der Waals surface area contributed by atoms with Gasteiger partial charge in [-0.05, 0) is 56.7 Å². The lowest BCUT2D eigenvalue weighted by atomic mass is 10.3. The van der Waals surface area contributed by atoms with Gasteiger partial charge in [0.15, 0.2) is 0 Å². The van der Waals surface area contributed by atoms with E-state index in [9.17, 15) is 0 Å². The molecule has 0 fully saturated rings. The Morgan fingerprint density at radius 3 is 2.64 bits per heavy atom. The Bertz CT molecular complexity index is 274. The highest BCUT2D eigenvalue weighted by atomic mass is 127. The van der Waals surface area contributed by atoms with Crippen molar-refractivity contribution in [3.63, 3.8) is 0 Å². The van der Waals surface area contributed by atoms with Gasteiger partial charge < -0.3 is 5.73 Å². The molecule has 1 aliphatic rings. The number of hydrogen-bond donors (Lipinski definition) is 1. The molecule has 58 valence electrons. The summed E-state index contributed by atoms with van der Waals surface area (Å²) >= 11 is 5.61. The van der Waals surface area contributed by atoms with E-state index in [1.807, 2.05) is 30.4 Å². The van der Waals surface area contributed by atoms with E-state index in [2.05, 4.69) is 38.5 Å². The Morgan fingerprint density at radius 2 is 1.91 bits per heavy atom. The molecule has 0 spiro atoms. The summed E-state index contributed by atoms with van der Waals surface area (Å²) < 4.78 is 2.09. The zero-order chi connectivity index (χ0) is 8.27. The van der Waals surface area contributed by atoms with Gasteiger partial charge in [0.2, 0.25) is 0 Å². The van der Waals surface area contributed by atoms with Crippen molar-refractivity contribution in [1.29, 1.82) is 0 Å². The number of hydrogen-bond acceptors (Lipinski definition) is 1. The lowest BCUT2D eigenvalue weighted by Crippen LogP contribution is -1.96. The molecule has 0 aliphatic heterocycles. The Hall–Kier alpha value is -0.0300. The minimum absolute atomic E-state index is 0.753. The summed E-state index contributed by atoms with van der Waals surface area (Å²) in [5.74, 6) is 0. The van der Waals surface area contributed by atoms with E-state index in [-0.39, 0.29) is 0 Å². The summed E-state index contributed by atoms with van der Waals surface area (Å²) in [5, 5.41) is 0. The predicted octanol–water partition coefficient (Wildman–Crippen LogP) is 3.00. The molecule has 0 saturated heterocycles. The topological polar surface area (TPSA) is 26.0 Å². The molecule has 0 bridgehead atoms. The van der Waals surface area contributed by atoms with Gasteiger partial charge in [-0.25, -0.2) is 0 Å². The molecule has 0 aromatic carbocycles. The van der Waals surface area contributed by atoms with E-state index in [0.29, 0.717) is 0 Å². The third kappa shape index (κ3) is 2.83. The van der Waals surface area contributed by atoms with Crippen LogP contribution in [0.5, 0.6) is 0 Å². The van der Waals surface area contributed by atoms with Gasteiger partial charge in [-0.3, -0.25) is 0 Å². The second-order valence-electron chi connectivity index (χ2n) is 2.05. The SMILES string of the molecule is NC1=C\C=C\C=C(I)/C=C\1Br. The normalized spacial score (nSPS) is 34.9. The lowest BCUT2D eigenvalue weighted by molar-refractivity contribution is 1.41. The highest BCUT2D eigenvalue weighted by Crippen LogP contribution is 2.20. The second kappa shape index (κ2) is 4.11. The van der Waals surface area contributed by atoms with Crippen LogP contribution >= 0.6 is 38.5 Å². The van der Waals surface area contributed by atoms with Crippen molar-refractivity contribution in [2.24, 2.45) is 5.73 Å². The summed E-state index contributed by atoms with van der Waals surface area (Å²) in [6, 6.07) is 0. The third-order valence-corrected chi connectivity index (χ3v) is 2.54. The largest absolute Gasteiger partial charge is 0.398 e. The number of nitrogens with two attached hydrogens (primary N) is 1. The van der Waals surface area contributed by atoms with E-state index in [1.165, 1.54) is 0 Å². The van der Waals surface area contributed by atoms with Crippen molar-refractivity contribution in [2.45, 2.75) is 0 Å². The van der Waals surface area contributed by atoms with Crippen LogP contribution in [0.1, 0.15) is 0 Å². The first kappa shape index (κ1) is 9.06. The van der Waals surface area contributed by atoms with E-state index < -0.39 is 0 Å². The standard InChI is InChI=1S/C8H7BrIN/c9-7-5-6(10)3-1-2-4-8(7)11/h1-5H,11H2/b2-1+,3-1?,4-2?,6-3+,6-5?,7-5+,8-4-,8-7?. The Morgan fingerprint density at radius 1 is 1.27 bits per heavy atom.